The van der Waals surface area contributed by atoms with Crippen molar-refractivity contribution in [2.75, 3.05) is 0 Å². The number of rotatable bonds is 2. The molecule has 7 heavy (non-hydrogen) atoms. The van der Waals surface area contributed by atoms with E-state index in [0.717, 1.165) is 6.42 Å². The molecule has 0 fully saturated rings. The Hall–Kier alpha value is 0.184. The SMILES string of the molecule is CC[CH]([Ti])C(=O)O. The minimum atomic E-state index is -0.706. The van der Waals surface area contributed by atoms with Crippen LogP contribution in [0.4, 0.5) is 0 Å². The molecule has 0 bridgehead atoms. The first kappa shape index (κ1) is 7.18. The maximum absolute atomic E-state index is 9.93. The number of aliphatic carboxylic acids is 1. The fourth-order valence-corrected chi connectivity index (χ4v) is 0.175. The van der Waals surface area contributed by atoms with E-state index < -0.39 is 5.97 Å². The molecule has 0 saturated carbocycles. The van der Waals surface area contributed by atoms with Crippen molar-refractivity contribution >= 4 is 5.97 Å². The van der Waals surface area contributed by atoms with Gasteiger partial charge in [0.1, 0.15) is 0 Å². The molecule has 0 aromatic heterocycles. The predicted molar refractivity (Wildman–Crippen MR) is 21.7 cm³/mol. The summed E-state index contributed by atoms with van der Waals surface area (Å²) >= 11 is 1.70. The van der Waals surface area contributed by atoms with Crippen LogP contribution in [0.15, 0.2) is 0 Å². The molecule has 0 heterocycles. The van der Waals surface area contributed by atoms with Crippen molar-refractivity contribution in [2.45, 2.75) is 17.6 Å². The average molecular weight is 135 g/mol. The zero-order valence-corrected chi connectivity index (χ0v) is 5.70. The molecule has 3 heteroatoms. The number of carboxylic acids is 1. The molecule has 1 unspecified atom stereocenters. The second kappa shape index (κ2) is 3.22. The van der Waals surface area contributed by atoms with Crippen LogP contribution in [-0.2, 0) is 25.2 Å². The van der Waals surface area contributed by atoms with Gasteiger partial charge in [0, 0.05) is 0 Å². The molecule has 39 valence electrons. The molecule has 0 aromatic carbocycles. The van der Waals surface area contributed by atoms with Crippen molar-refractivity contribution in [2.24, 2.45) is 0 Å². The van der Waals surface area contributed by atoms with Gasteiger partial charge in [-0.25, -0.2) is 0 Å². The van der Waals surface area contributed by atoms with E-state index in [1.807, 2.05) is 6.92 Å². The van der Waals surface area contributed by atoms with Crippen LogP contribution >= 0.6 is 0 Å². The van der Waals surface area contributed by atoms with E-state index in [-0.39, 0.29) is 4.22 Å². The van der Waals surface area contributed by atoms with Gasteiger partial charge in [-0.2, -0.15) is 0 Å². The zero-order valence-electron chi connectivity index (χ0n) is 4.14. The second-order valence-electron chi connectivity index (χ2n) is 1.30. The van der Waals surface area contributed by atoms with Gasteiger partial charge < -0.3 is 0 Å². The summed E-state index contributed by atoms with van der Waals surface area (Å²) in [6.07, 6.45) is 0.718. The Bertz CT molecular complexity index is 72.1. The molecule has 0 saturated heterocycles. The molecule has 0 spiro atoms. The average Bonchev–Trinajstić information content (AvgIpc) is 1.65. The monoisotopic (exact) mass is 135 g/mol. The molecule has 0 amide bonds. The Morgan fingerprint density at radius 2 is 2.43 bits per heavy atom. The van der Waals surface area contributed by atoms with Crippen LogP contribution in [0.25, 0.3) is 0 Å². The molecule has 0 aliphatic carbocycles. The van der Waals surface area contributed by atoms with Crippen LogP contribution in [0.5, 0.6) is 0 Å². The van der Waals surface area contributed by atoms with Crippen LogP contribution in [0.1, 0.15) is 13.3 Å². The third kappa shape index (κ3) is 2.83. The Morgan fingerprint density at radius 3 is 2.43 bits per heavy atom. The summed E-state index contributed by atoms with van der Waals surface area (Å²) in [5, 5.41) is 8.18. The first-order valence-electron chi connectivity index (χ1n) is 2.12. The van der Waals surface area contributed by atoms with Crippen LogP contribution in [-0.4, -0.2) is 11.1 Å². The molecule has 0 radical (unpaired) electrons. The number of hydrogen-bond acceptors (Lipinski definition) is 1. The predicted octanol–water partition coefficient (Wildman–Crippen LogP) is 0.816. The molecular formula is C4H7O2Ti. The van der Waals surface area contributed by atoms with Crippen molar-refractivity contribution in [1.82, 2.24) is 0 Å². The quantitative estimate of drug-likeness (QED) is 0.569. The molecular weight excluding hydrogens is 128 g/mol. The van der Waals surface area contributed by atoms with E-state index in [0.29, 0.717) is 0 Å². The third-order valence-electron chi connectivity index (χ3n) is 0.706. The van der Waals surface area contributed by atoms with Crippen molar-refractivity contribution in [3.63, 3.8) is 0 Å². The van der Waals surface area contributed by atoms with Gasteiger partial charge in [-0.15, -0.1) is 0 Å². The van der Waals surface area contributed by atoms with Crippen molar-refractivity contribution in [3.05, 3.63) is 0 Å². The Labute approximate surface area is 54.3 Å². The number of hydrogen-bond donors (Lipinski definition) is 1. The van der Waals surface area contributed by atoms with Gasteiger partial charge in [-0.3, -0.25) is 0 Å². The molecule has 0 aromatic rings. The summed E-state index contributed by atoms with van der Waals surface area (Å²) < 4.78 is -0.181. The summed E-state index contributed by atoms with van der Waals surface area (Å²) in [5.74, 6) is -0.706. The molecule has 0 aliphatic heterocycles. The first-order chi connectivity index (χ1) is 3.18. The Balaban J connectivity index is 3.34. The second-order valence-corrected chi connectivity index (χ2v) is 2.39. The fraction of sp³-hybridized carbons (Fsp3) is 0.750. The van der Waals surface area contributed by atoms with E-state index in [2.05, 4.69) is 0 Å². The summed E-state index contributed by atoms with van der Waals surface area (Å²) in [6.45, 7) is 1.86. The van der Waals surface area contributed by atoms with Gasteiger partial charge in [0.15, 0.2) is 0 Å². The van der Waals surface area contributed by atoms with Gasteiger partial charge in [-0.05, 0) is 0 Å². The van der Waals surface area contributed by atoms with Crippen LogP contribution < -0.4 is 0 Å². The number of carbonyl (C=O) groups is 1. The normalized spacial score (nSPS) is 13.1. The maximum atomic E-state index is 9.93. The van der Waals surface area contributed by atoms with Gasteiger partial charge in [0.2, 0.25) is 0 Å². The summed E-state index contributed by atoms with van der Waals surface area (Å²) in [6, 6.07) is 0. The Morgan fingerprint density at radius 1 is 2.00 bits per heavy atom. The summed E-state index contributed by atoms with van der Waals surface area (Å²) in [5.41, 5.74) is 0. The van der Waals surface area contributed by atoms with Gasteiger partial charge in [-0.1, -0.05) is 0 Å². The minimum absolute atomic E-state index is 0.181. The number of carboxylic acid groups (broad SMARTS) is 1. The van der Waals surface area contributed by atoms with Crippen molar-refractivity contribution in [3.8, 4) is 0 Å². The van der Waals surface area contributed by atoms with E-state index in [9.17, 15) is 4.79 Å². The summed E-state index contributed by atoms with van der Waals surface area (Å²) in [7, 11) is 0. The zero-order chi connectivity index (χ0) is 5.86. The summed E-state index contributed by atoms with van der Waals surface area (Å²) in [4.78, 5) is 9.93. The van der Waals surface area contributed by atoms with Crippen LogP contribution in [0, 0.1) is 0 Å². The van der Waals surface area contributed by atoms with Gasteiger partial charge >= 0.3 is 53.9 Å². The van der Waals surface area contributed by atoms with E-state index in [1.54, 1.807) is 20.4 Å². The van der Waals surface area contributed by atoms with Gasteiger partial charge in [0.05, 0.1) is 0 Å². The van der Waals surface area contributed by atoms with E-state index >= 15 is 0 Å². The van der Waals surface area contributed by atoms with Gasteiger partial charge in [0.25, 0.3) is 0 Å². The molecule has 2 nitrogen and oxygen atoms in total. The molecule has 0 aliphatic rings. The molecule has 0 rings (SSSR count). The topological polar surface area (TPSA) is 37.3 Å². The van der Waals surface area contributed by atoms with Crippen molar-refractivity contribution < 1.29 is 30.3 Å². The molecule has 1 atom stereocenters. The van der Waals surface area contributed by atoms with Crippen LogP contribution in [0.3, 0.4) is 0 Å². The fourth-order valence-electron chi connectivity index (χ4n) is 0.175. The van der Waals surface area contributed by atoms with Crippen LogP contribution in [0.2, 0.25) is 4.22 Å². The third-order valence-corrected chi connectivity index (χ3v) is 1.73. The first-order valence-corrected chi connectivity index (χ1v) is 3.02. The standard InChI is InChI=1S/C4H7O2.Ti/c1-2-3-4(5)6;/h3H,2H2,1H3,(H,5,6);. The van der Waals surface area contributed by atoms with E-state index in [1.165, 1.54) is 0 Å². The van der Waals surface area contributed by atoms with Crippen molar-refractivity contribution in [1.29, 1.82) is 0 Å². The Kier molecular flexibility index (Phi) is 3.31. The molecule has 1 N–H and O–H groups in total. The van der Waals surface area contributed by atoms with E-state index in [4.69, 9.17) is 5.11 Å².